The Morgan fingerprint density at radius 2 is 2.00 bits per heavy atom. The number of anilines is 1. The third-order valence-corrected chi connectivity index (χ3v) is 6.29. The number of carbonyl (C=O) groups excluding carboxylic acids is 1. The number of hydrogen-bond acceptors (Lipinski definition) is 6. The number of hydrogen-bond donors (Lipinski definition) is 1. The molecule has 2 aliphatic rings. The minimum Gasteiger partial charge on any atom is -0.383 e. The lowest BCUT2D eigenvalue weighted by Crippen LogP contribution is -2.36. The van der Waals surface area contributed by atoms with Crippen LogP contribution in [0.25, 0.3) is 10.9 Å². The van der Waals surface area contributed by atoms with Crippen molar-refractivity contribution in [3.05, 3.63) is 58.7 Å². The molecule has 1 unspecified atom stereocenters. The van der Waals surface area contributed by atoms with Crippen LogP contribution in [0.3, 0.4) is 0 Å². The first-order valence-corrected chi connectivity index (χ1v) is 10.7. The Bertz CT molecular complexity index is 1240. The van der Waals surface area contributed by atoms with Crippen molar-refractivity contribution < 1.29 is 22.7 Å². The zero-order valence-corrected chi connectivity index (χ0v) is 18.1. The van der Waals surface area contributed by atoms with Crippen LogP contribution in [-0.4, -0.2) is 31.8 Å². The van der Waals surface area contributed by atoms with Crippen LogP contribution in [0.15, 0.2) is 30.6 Å². The van der Waals surface area contributed by atoms with Crippen molar-refractivity contribution in [2.45, 2.75) is 57.7 Å². The molecule has 0 bridgehead atoms. The fraction of sp³-hybridized carbons (Fsp3) is 0.391. The number of pyridine rings is 3. The Morgan fingerprint density at radius 3 is 2.64 bits per heavy atom. The molecule has 0 spiro atoms. The summed E-state index contributed by atoms with van der Waals surface area (Å²) in [6, 6.07) is 3.49. The van der Waals surface area contributed by atoms with Gasteiger partial charge in [0.15, 0.2) is 0 Å². The number of halogens is 3. The minimum absolute atomic E-state index is 0.00676. The van der Waals surface area contributed by atoms with Crippen LogP contribution in [0, 0.1) is 0 Å². The van der Waals surface area contributed by atoms with Crippen molar-refractivity contribution in [2.75, 3.05) is 5.73 Å². The number of nitrogens with zero attached hydrogens (tertiary/aromatic N) is 4. The van der Waals surface area contributed by atoms with Gasteiger partial charge in [-0.2, -0.15) is 13.2 Å². The van der Waals surface area contributed by atoms with Crippen molar-refractivity contribution in [1.82, 2.24) is 19.9 Å². The standard InChI is InChI=1S/C23H22F3N5O2/c1-11(17-6-3-13(8-28-17)23(24,25)26)31(14-4-5-14)22(32)18-7-15-16-10-33-12(2)20(16)21(27)30-19(15)9-29-18/h3,6-9,11-12,14H,4-5,10H2,1-2H3,(H2,27,30)/t11?,12-/m0/s1. The second kappa shape index (κ2) is 7.65. The molecule has 7 nitrogen and oxygen atoms in total. The quantitative estimate of drug-likeness (QED) is 0.616. The number of alkyl halides is 3. The molecular weight excluding hydrogens is 435 g/mol. The summed E-state index contributed by atoms with van der Waals surface area (Å²) in [4.78, 5) is 27.9. The Morgan fingerprint density at radius 1 is 1.24 bits per heavy atom. The lowest BCUT2D eigenvalue weighted by molar-refractivity contribution is -0.137. The van der Waals surface area contributed by atoms with Crippen LogP contribution < -0.4 is 5.73 Å². The van der Waals surface area contributed by atoms with Gasteiger partial charge in [-0.1, -0.05) is 0 Å². The zero-order chi connectivity index (χ0) is 23.5. The fourth-order valence-corrected chi connectivity index (χ4v) is 4.39. The van der Waals surface area contributed by atoms with E-state index in [1.54, 1.807) is 17.9 Å². The van der Waals surface area contributed by atoms with Gasteiger partial charge in [0.2, 0.25) is 0 Å². The highest BCUT2D eigenvalue weighted by atomic mass is 19.4. The number of rotatable bonds is 4. The topological polar surface area (TPSA) is 94.2 Å². The molecule has 172 valence electrons. The average Bonchev–Trinajstić information content (AvgIpc) is 3.53. The maximum Gasteiger partial charge on any atom is 0.417 e. The minimum atomic E-state index is -4.46. The molecule has 4 heterocycles. The van der Waals surface area contributed by atoms with Crippen LogP contribution in [-0.2, 0) is 17.5 Å². The third kappa shape index (κ3) is 3.78. The zero-order valence-electron chi connectivity index (χ0n) is 18.1. The van der Waals surface area contributed by atoms with Gasteiger partial charge in [0.25, 0.3) is 5.91 Å². The summed E-state index contributed by atoms with van der Waals surface area (Å²) < 4.78 is 44.4. The molecule has 0 saturated heterocycles. The van der Waals surface area contributed by atoms with Gasteiger partial charge in [-0.3, -0.25) is 9.78 Å². The van der Waals surface area contributed by atoms with E-state index in [9.17, 15) is 18.0 Å². The second-order valence-corrected chi connectivity index (χ2v) is 8.52. The predicted molar refractivity (Wildman–Crippen MR) is 114 cm³/mol. The van der Waals surface area contributed by atoms with Crippen LogP contribution in [0.2, 0.25) is 0 Å². The predicted octanol–water partition coefficient (Wildman–Crippen LogP) is 4.58. The molecular formula is C23H22F3N5O2. The maximum atomic E-state index is 13.5. The highest BCUT2D eigenvalue weighted by molar-refractivity contribution is 5.97. The molecule has 33 heavy (non-hydrogen) atoms. The molecule has 2 N–H and O–H groups in total. The summed E-state index contributed by atoms with van der Waals surface area (Å²) in [6.07, 6.45) is -0.677. The molecule has 2 atom stereocenters. The normalized spacial score (nSPS) is 18.9. The van der Waals surface area contributed by atoms with Crippen molar-refractivity contribution in [3.63, 3.8) is 0 Å². The van der Waals surface area contributed by atoms with Gasteiger partial charge in [-0.15, -0.1) is 0 Å². The molecule has 1 aliphatic carbocycles. The SMILES string of the molecule is CC(c1ccc(C(F)(F)F)cn1)N(C(=O)c1cc2c3c(c(N)nc2cn1)[C@H](C)OC3)C1CC1. The molecule has 3 aromatic heterocycles. The first-order valence-electron chi connectivity index (χ1n) is 10.7. The van der Waals surface area contributed by atoms with E-state index in [1.807, 2.05) is 6.92 Å². The van der Waals surface area contributed by atoms with Gasteiger partial charge in [0.05, 0.1) is 41.7 Å². The monoisotopic (exact) mass is 457 g/mol. The average molecular weight is 457 g/mol. The molecule has 0 radical (unpaired) electrons. The lowest BCUT2D eigenvalue weighted by Gasteiger charge is -2.29. The van der Waals surface area contributed by atoms with E-state index in [0.717, 1.165) is 41.6 Å². The van der Waals surface area contributed by atoms with Gasteiger partial charge >= 0.3 is 6.18 Å². The van der Waals surface area contributed by atoms with E-state index in [1.165, 1.54) is 12.3 Å². The van der Waals surface area contributed by atoms with E-state index in [4.69, 9.17) is 10.5 Å². The van der Waals surface area contributed by atoms with Gasteiger partial charge in [-0.05, 0) is 50.5 Å². The number of nitrogen functional groups attached to an aromatic ring is 1. The number of carbonyl (C=O) groups is 1. The molecule has 1 aliphatic heterocycles. The summed E-state index contributed by atoms with van der Waals surface area (Å²) in [5.41, 5.74) is 8.20. The van der Waals surface area contributed by atoms with E-state index < -0.39 is 17.8 Å². The molecule has 1 fully saturated rings. The summed E-state index contributed by atoms with van der Waals surface area (Å²) in [5.74, 6) is 0.0936. The van der Waals surface area contributed by atoms with Crippen LogP contribution >= 0.6 is 0 Å². The van der Waals surface area contributed by atoms with Gasteiger partial charge in [0.1, 0.15) is 11.5 Å². The number of fused-ring (bicyclic) bond motifs is 3. The molecule has 0 aromatic carbocycles. The largest absolute Gasteiger partial charge is 0.417 e. The Kier molecular flexibility index (Phi) is 5.00. The first kappa shape index (κ1) is 21.6. The molecule has 5 rings (SSSR count). The maximum absolute atomic E-state index is 13.5. The van der Waals surface area contributed by atoms with Crippen LogP contribution in [0.4, 0.5) is 19.0 Å². The lowest BCUT2D eigenvalue weighted by atomic mass is 10.0. The number of nitrogens with two attached hydrogens (primary N) is 1. The van der Waals surface area contributed by atoms with E-state index in [2.05, 4.69) is 15.0 Å². The molecule has 1 saturated carbocycles. The molecule has 3 aromatic rings. The summed E-state index contributed by atoms with van der Waals surface area (Å²) in [6.45, 7) is 4.04. The fourth-order valence-electron chi connectivity index (χ4n) is 4.39. The molecule has 1 amide bonds. The summed E-state index contributed by atoms with van der Waals surface area (Å²) in [5, 5.41) is 0.762. The van der Waals surface area contributed by atoms with E-state index in [-0.39, 0.29) is 23.7 Å². The third-order valence-electron chi connectivity index (χ3n) is 6.29. The number of ether oxygens (including phenoxy) is 1. The molecule has 10 heteroatoms. The van der Waals surface area contributed by atoms with Crippen molar-refractivity contribution in [3.8, 4) is 0 Å². The van der Waals surface area contributed by atoms with Crippen LogP contribution in [0.5, 0.6) is 0 Å². The summed E-state index contributed by atoms with van der Waals surface area (Å²) in [7, 11) is 0. The summed E-state index contributed by atoms with van der Waals surface area (Å²) >= 11 is 0. The van der Waals surface area contributed by atoms with Gasteiger partial charge in [-0.25, -0.2) is 9.97 Å². The number of aromatic nitrogens is 3. The van der Waals surface area contributed by atoms with Gasteiger partial charge in [0, 0.05) is 23.2 Å². The van der Waals surface area contributed by atoms with Crippen molar-refractivity contribution in [1.29, 1.82) is 0 Å². The highest BCUT2D eigenvalue weighted by Gasteiger charge is 2.38. The van der Waals surface area contributed by atoms with E-state index >= 15 is 0 Å². The van der Waals surface area contributed by atoms with Crippen LogP contribution in [0.1, 0.15) is 71.7 Å². The Balaban J connectivity index is 1.49. The van der Waals surface area contributed by atoms with E-state index in [0.29, 0.717) is 23.6 Å². The number of amides is 1. The van der Waals surface area contributed by atoms with Gasteiger partial charge < -0.3 is 15.4 Å². The van der Waals surface area contributed by atoms with Crippen molar-refractivity contribution in [2.24, 2.45) is 0 Å². The Labute approximate surface area is 187 Å². The Hall–Kier alpha value is -3.27. The second-order valence-electron chi connectivity index (χ2n) is 8.52. The van der Waals surface area contributed by atoms with Crippen molar-refractivity contribution >= 4 is 22.6 Å². The smallest absolute Gasteiger partial charge is 0.383 e. The first-order chi connectivity index (χ1) is 15.6. The highest BCUT2D eigenvalue weighted by Crippen LogP contribution is 2.39.